The number of nitrogens with zero attached hydrogens (tertiary/aromatic N) is 4. The maximum atomic E-state index is 10.4. The van der Waals surface area contributed by atoms with Crippen molar-refractivity contribution >= 4 is 5.96 Å². The van der Waals surface area contributed by atoms with Crippen LogP contribution in [0.4, 0.5) is 0 Å². The molecule has 6 heteroatoms. The molecule has 0 aromatic rings. The zero-order valence-corrected chi connectivity index (χ0v) is 7.23. The van der Waals surface area contributed by atoms with Gasteiger partial charge in [0.2, 0.25) is 0 Å². The molecule has 0 atom stereocenters. The molecule has 0 unspecified atom stereocenters. The van der Waals surface area contributed by atoms with Crippen molar-refractivity contribution in [2.24, 2.45) is 5.10 Å². The summed E-state index contributed by atoms with van der Waals surface area (Å²) in [5, 5.41) is 15.9. The Morgan fingerprint density at radius 3 is 2.58 bits per heavy atom. The molecule has 1 rings (SSSR count). The summed E-state index contributed by atoms with van der Waals surface area (Å²) in [5.74, 6) is -0.0423. The van der Waals surface area contributed by atoms with Gasteiger partial charge in [-0.15, -0.1) is 0 Å². The van der Waals surface area contributed by atoms with Gasteiger partial charge in [-0.1, -0.05) is 0 Å². The Kier molecular flexibility index (Phi) is 2.47. The molecule has 0 bridgehead atoms. The van der Waals surface area contributed by atoms with E-state index >= 15 is 0 Å². The molecule has 0 aromatic heterocycles. The maximum Gasteiger partial charge on any atom is 0.451 e. The third-order valence-corrected chi connectivity index (χ3v) is 1.76. The van der Waals surface area contributed by atoms with Crippen molar-refractivity contribution in [3.8, 4) is 0 Å². The molecule has 1 aliphatic rings. The van der Waals surface area contributed by atoms with E-state index in [1.165, 1.54) is 0 Å². The summed E-state index contributed by atoms with van der Waals surface area (Å²) in [7, 11) is 0. The summed E-state index contributed by atoms with van der Waals surface area (Å²) in [6.45, 7) is 5.64. The summed E-state index contributed by atoms with van der Waals surface area (Å²) in [6, 6.07) is 0. The van der Waals surface area contributed by atoms with Crippen LogP contribution in [0.5, 0.6) is 0 Å². The lowest BCUT2D eigenvalue weighted by molar-refractivity contribution is -0.362. The van der Waals surface area contributed by atoms with Gasteiger partial charge in [0.15, 0.2) is 6.67 Å². The van der Waals surface area contributed by atoms with Crippen LogP contribution in [0.3, 0.4) is 0 Å². The summed E-state index contributed by atoms with van der Waals surface area (Å²) < 4.78 is 0. The molecule has 1 aliphatic heterocycles. The molecule has 0 aliphatic carbocycles. The Morgan fingerprint density at radius 2 is 2.25 bits per heavy atom. The van der Waals surface area contributed by atoms with Crippen LogP contribution in [0.1, 0.15) is 13.8 Å². The molecule has 12 heavy (non-hydrogen) atoms. The first-order chi connectivity index (χ1) is 5.69. The minimum atomic E-state index is -0.445. The quantitative estimate of drug-likeness (QED) is 0.439. The lowest BCUT2D eigenvalue weighted by Crippen LogP contribution is -2.34. The Bertz CT molecular complexity index is 216. The Morgan fingerprint density at radius 1 is 1.58 bits per heavy atom. The van der Waals surface area contributed by atoms with Crippen molar-refractivity contribution in [2.75, 3.05) is 19.8 Å². The smallest absolute Gasteiger partial charge is 0.390 e. The predicted molar refractivity (Wildman–Crippen MR) is 44.1 cm³/mol. The van der Waals surface area contributed by atoms with Crippen molar-refractivity contribution in [2.45, 2.75) is 13.8 Å². The predicted octanol–water partition coefficient (Wildman–Crippen LogP) is 0.149. The van der Waals surface area contributed by atoms with E-state index in [0.717, 1.165) is 0 Å². The molecule has 1 heterocycles. The zero-order chi connectivity index (χ0) is 9.14. The van der Waals surface area contributed by atoms with E-state index in [0.29, 0.717) is 19.8 Å². The second-order valence-corrected chi connectivity index (χ2v) is 2.48. The van der Waals surface area contributed by atoms with E-state index in [4.69, 9.17) is 0 Å². The highest BCUT2D eigenvalue weighted by atomic mass is 16.6. The highest BCUT2D eigenvalue weighted by molar-refractivity contribution is 5.72. The second-order valence-electron chi connectivity index (χ2n) is 2.48. The first-order valence-electron chi connectivity index (χ1n) is 3.92. The molecule has 0 radical (unpaired) electrons. The van der Waals surface area contributed by atoms with E-state index in [-0.39, 0.29) is 5.96 Å². The largest absolute Gasteiger partial charge is 0.451 e. The van der Waals surface area contributed by atoms with Gasteiger partial charge in [0.1, 0.15) is 0 Å². The fourth-order valence-electron chi connectivity index (χ4n) is 1.05. The Balaban J connectivity index is 2.72. The van der Waals surface area contributed by atoms with Crippen molar-refractivity contribution in [3.05, 3.63) is 10.1 Å². The van der Waals surface area contributed by atoms with Crippen molar-refractivity contribution in [1.29, 1.82) is 0 Å². The van der Waals surface area contributed by atoms with E-state index in [2.05, 4.69) is 5.10 Å². The molecular weight excluding hydrogens is 160 g/mol. The van der Waals surface area contributed by atoms with Crippen molar-refractivity contribution < 1.29 is 4.92 Å². The molecule has 0 aromatic carbocycles. The van der Waals surface area contributed by atoms with Gasteiger partial charge in [0.05, 0.1) is 13.1 Å². The molecular formula is C6H12N4O2. The van der Waals surface area contributed by atoms with Crippen LogP contribution in [0, 0.1) is 10.1 Å². The van der Waals surface area contributed by atoms with Gasteiger partial charge in [0, 0.05) is 5.10 Å². The van der Waals surface area contributed by atoms with E-state index in [1.54, 1.807) is 9.91 Å². The van der Waals surface area contributed by atoms with E-state index < -0.39 is 4.92 Å². The minimum Gasteiger partial charge on any atom is -0.390 e. The number of hydrogen-bond donors (Lipinski definition) is 0. The Labute approximate surface area is 70.6 Å². The molecule has 0 fully saturated rings. The third-order valence-electron chi connectivity index (χ3n) is 1.76. The Hall–Kier alpha value is -1.33. The summed E-state index contributed by atoms with van der Waals surface area (Å²) in [4.78, 5) is 11.6. The van der Waals surface area contributed by atoms with Crippen LogP contribution in [0.25, 0.3) is 0 Å². The highest BCUT2D eigenvalue weighted by Gasteiger charge is 2.31. The van der Waals surface area contributed by atoms with Crippen LogP contribution in [-0.4, -0.2) is 40.5 Å². The standard InChI is InChI=1S/C6H12N4O2/c1-3-8-5-9(4-2)7-6(8)10(11)12/h3-5H2,1-2H3. The van der Waals surface area contributed by atoms with Gasteiger partial charge < -0.3 is 10.1 Å². The number of guanidine groups is 1. The van der Waals surface area contributed by atoms with Gasteiger partial charge in [0.25, 0.3) is 0 Å². The lowest BCUT2D eigenvalue weighted by Gasteiger charge is -2.10. The first kappa shape index (κ1) is 8.76. The van der Waals surface area contributed by atoms with Crippen LogP contribution in [-0.2, 0) is 0 Å². The average molecular weight is 172 g/mol. The molecule has 68 valence electrons. The molecule has 0 spiro atoms. The van der Waals surface area contributed by atoms with Crippen LogP contribution >= 0.6 is 0 Å². The van der Waals surface area contributed by atoms with Gasteiger partial charge in [-0.2, -0.15) is 5.01 Å². The number of hydrogen-bond acceptors (Lipinski definition) is 5. The summed E-state index contributed by atoms with van der Waals surface area (Å²) in [5.41, 5.74) is 0. The van der Waals surface area contributed by atoms with Crippen LogP contribution in [0.15, 0.2) is 5.10 Å². The molecule has 0 saturated heterocycles. The average Bonchev–Trinajstić information content (AvgIpc) is 2.47. The van der Waals surface area contributed by atoms with Crippen molar-refractivity contribution in [1.82, 2.24) is 9.91 Å². The van der Waals surface area contributed by atoms with E-state index in [9.17, 15) is 10.1 Å². The van der Waals surface area contributed by atoms with Crippen LogP contribution in [0.2, 0.25) is 0 Å². The highest BCUT2D eigenvalue weighted by Crippen LogP contribution is 2.06. The molecule has 0 amide bonds. The third kappa shape index (κ3) is 1.46. The molecule has 6 nitrogen and oxygen atoms in total. The summed E-state index contributed by atoms with van der Waals surface area (Å²) >= 11 is 0. The van der Waals surface area contributed by atoms with Gasteiger partial charge in [-0.3, -0.25) is 0 Å². The second kappa shape index (κ2) is 3.38. The summed E-state index contributed by atoms with van der Waals surface area (Å²) in [6.07, 6.45) is 0. The first-order valence-corrected chi connectivity index (χ1v) is 3.92. The number of rotatable bonds is 2. The van der Waals surface area contributed by atoms with Gasteiger partial charge >= 0.3 is 5.96 Å². The van der Waals surface area contributed by atoms with Crippen LogP contribution < -0.4 is 0 Å². The van der Waals surface area contributed by atoms with Gasteiger partial charge in [-0.25, -0.2) is 4.90 Å². The van der Waals surface area contributed by atoms with Gasteiger partial charge in [-0.05, 0) is 18.8 Å². The lowest BCUT2D eigenvalue weighted by atomic mass is 10.6. The normalized spacial score (nSPS) is 16.7. The van der Waals surface area contributed by atoms with E-state index in [1.807, 2.05) is 13.8 Å². The maximum absolute atomic E-state index is 10.4. The minimum absolute atomic E-state index is 0.0423. The number of nitro groups is 1. The topological polar surface area (TPSA) is 62.0 Å². The van der Waals surface area contributed by atoms with Crippen molar-refractivity contribution in [3.63, 3.8) is 0 Å². The monoisotopic (exact) mass is 172 g/mol. The zero-order valence-electron chi connectivity index (χ0n) is 7.23. The number of hydrazone groups is 1. The fourth-order valence-corrected chi connectivity index (χ4v) is 1.05. The fraction of sp³-hybridized carbons (Fsp3) is 0.833. The molecule has 0 saturated carbocycles. The molecule has 0 N–H and O–H groups in total. The SMILES string of the molecule is CCN1CN(CC)C([N+](=O)[O-])=N1.